The highest BCUT2D eigenvalue weighted by molar-refractivity contribution is 6.04. The molecule has 1 aliphatic rings. The molecule has 3 aromatic heterocycles. The van der Waals surface area contributed by atoms with Crippen LogP contribution in [0.15, 0.2) is 53.6 Å². The monoisotopic (exact) mass is 375 g/mol. The third kappa shape index (κ3) is 2.84. The van der Waals surface area contributed by atoms with Gasteiger partial charge < -0.3 is 14.6 Å². The summed E-state index contributed by atoms with van der Waals surface area (Å²) < 4.78 is 11.8. The Morgan fingerprint density at radius 3 is 2.86 bits per heavy atom. The zero-order chi connectivity index (χ0) is 19.1. The number of nitrogens with zero attached hydrogens (tertiary/aromatic N) is 4. The second-order valence-corrected chi connectivity index (χ2v) is 6.80. The molecule has 0 saturated carbocycles. The van der Waals surface area contributed by atoms with Crippen LogP contribution in [-0.4, -0.2) is 38.6 Å². The fourth-order valence-corrected chi connectivity index (χ4v) is 3.23. The lowest BCUT2D eigenvalue weighted by molar-refractivity contribution is 0.00843. The van der Waals surface area contributed by atoms with E-state index in [2.05, 4.69) is 20.4 Å². The minimum Gasteiger partial charge on any atom is -0.380 e. The van der Waals surface area contributed by atoms with Gasteiger partial charge in [0.05, 0.1) is 19.4 Å². The molecule has 0 atom stereocenters. The molecule has 5 rings (SSSR count). The first-order valence-corrected chi connectivity index (χ1v) is 8.92. The molecule has 1 fully saturated rings. The Kier molecular flexibility index (Phi) is 3.91. The largest absolute Gasteiger partial charge is 0.380 e. The Bertz CT molecular complexity index is 1160. The number of fused-ring (bicyclic) bond motifs is 1. The second-order valence-electron chi connectivity index (χ2n) is 6.80. The average molecular weight is 375 g/mol. The van der Waals surface area contributed by atoms with Crippen LogP contribution in [0, 0.1) is 6.92 Å². The molecule has 1 N–H and O–H groups in total. The molecule has 0 radical (unpaired) electrons. The van der Waals surface area contributed by atoms with Crippen molar-refractivity contribution in [2.75, 3.05) is 18.5 Å². The Labute approximate surface area is 160 Å². The van der Waals surface area contributed by atoms with Crippen molar-refractivity contribution in [3.63, 3.8) is 0 Å². The summed E-state index contributed by atoms with van der Waals surface area (Å²) in [7, 11) is 0. The van der Waals surface area contributed by atoms with Crippen molar-refractivity contribution in [3.05, 3.63) is 65.9 Å². The van der Waals surface area contributed by atoms with E-state index in [0.29, 0.717) is 23.1 Å². The quantitative estimate of drug-likeness (QED) is 0.589. The standard InChI is InChI=1S/C20H17N5O3/c1-12-2-3-14(19-22-11-28-24-19)6-16(12)23-20(26)17-8-21-18-7-13(4-5-25(17)18)15-9-27-10-15/h2-8,11,15H,9-10H2,1H3,(H,23,26). The predicted octanol–water partition coefficient (Wildman–Crippen LogP) is 3.06. The molecular weight excluding hydrogens is 358 g/mol. The Morgan fingerprint density at radius 1 is 1.21 bits per heavy atom. The lowest BCUT2D eigenvalue weighted by Crippen LogP contribution is -2.25. The van der Waals surface area contributed by atoms with E-state index in [9.17, 15) is 4.79 Å². The first-order chi connectivity index (χ1) is 13.7. The molecule has 0 aliphatic carbocycles. The van der Waals surface area contributed by atoms with Crippen molar-refractivity contribution in [1.82, 2.24) is 19.5 Å². The molecule has 140 valence electrons. The molecule has 28 heavy (non-hydrogen) atoms. The maximum Gasteiger partial charge on any atom is 0.274 e. The van der Waals surface area contributed by atoms with Gasteiger partial charge in [0, 0.05) is 23.4 Å². The summed E-state index contributed by atoms with van der Waals surface area (Å²) in [6, 6.07) is 9.64. The van der Waals surface area contributed by atoms with Gasteiger partial charge in [-0.1, -0.05) is 17.3 Å². The van der Waals surface area contributed by atoms with Crippen LogP contribution in [0.4, 0.5) is 5.69 Å². The van der Waals surface area contributed by atoms with Gasteiger partial charge in [-0.15, -0.1) is 0 Å². The number of pyridine rings is 1. The molecule has 0 unspecified atom stereocenters. The molecule has 8 heteroatoms. The average Bonchev–Trinajstić information content (AvgIpc) is 3.31. The molecule has 4 heterocycles. The summed E-state index contributed by atoms with van der Waals surface area (Å²) >= 11 is 0. The molecule has 1 aliphatic heterocycles. The van der Waals surface area contributed by atoms with E-state index >= 15 is 0 Å². The smallest absolute Gasteiger partial charge is 0.274 e. The highest BCUT2D eigenvalue weighted by Crippen LogP contribution is 2.26. The molecular formula is C20H17N5O3. The first-order valence-electron chi connectivity index (χ1n) is 8.92. The van der Waals surface area contributed by atoms with Gasteiger partial charge in [-0.2, -0.15) is 4.98 Å². The van der Waals surface area contributed by atoms with Crippen molar-refractivity contribution >= 4 is 17.2 Å². The number of carbonyl (C=O) groups is 1. The number of hydrogen-bond donors (Lipinski definition) is 1. The number of amides is 1. The molecule has 4 aromatic rings. The van der Waals surface area contributed by atoms with Gasteiger partial charge in [-0.05, 0) is 36.2 Å². The normalized spacial score (nSPS) is 14.2. The van der Waals surface area contributed by atoms with Crippen LogP contribution in [0.2, 0.25) is 0 Å². The van der Waals surface area contributed by atoms with Crippen LogP contribution >= 0.6 is 0 Å². The molecule has 0 bridgehead atoms. The van der Waals surface area contributed by atoms with Crippen LogP contribution in [0.25, 0.3) is 17.0 Å². The fraction of sp³-hybridized carbons (Fsp3) is 0.200. The number of anilines is 1. The van der Waals surface area contributed by atoms with Gasteiger partial charge in [-0.3, -0.25) is 9.20 Å². The number of rotatable bonds is 4. The van der Waals surface area contributed by atoms with Crippen LogP contribution in [0.5, 0.6) is 0 Å². The van der Waals surface area contributed by atoms with E-state index in [1.54, 1.807) is 10.6 Å². The fourth-order valence-electron chi connectivity index (χ4n) is 3.23. The maximum absolute atomic E-state index is 12.9. The lowest BCUT2D eigenvalue weighted by atomic mass is 9.99. The van der Waals surface area contributed by atoms with E-state index in [1.165, 1.54) is 12.0 Å². The number of benzene rings is 1. The summed E-state index contributed by atoms with van der Waals surface area (Å²) in [6.45, 7) is 3.40. The summed E-state index contributed by atoms with van der Waals surface area (Å²) in [5.41, 5.74) is 4.77. The van der Waals surface area contributed by atoms with E-state index in [0.717, 1.165) is 30.0 Å². The van der Waals surface area contributed by atoms with Gasteiger partial charge in [0.2, 0.25) is 12.2 Å². The Balaban J connectivity index is 1.43. The van der Waals surface area contributed by atoms with Gasteiger partial charge in [-0.25, -0.2) is 4.98 Å². The zero-order valence-corrected chi connectivity index (χ0v) is 15.1. The number of hydrogen-bond acceptors (Lipinski definition) is 6. The highest BCUT2D eigenvalue weighted by Gasteiger charge is 2.22. The maximum atomic E-state index is 12.9. The summed E-state index contributed by atoms with van der Waals surface area (Å²) in [5, 5.41) is 6.80. The summed E-state index contributed by atoms with van der Waals surface area (Å²) in [5.74, 6) is 0.646. The second kappa shape index (κ2) is 6.58. The number of aromatic nitrogens is 4. The highest BCUT2D eigenvalue weighted by atomic mass is 16.5. The van der Waals surface area contributed by atoms with Crippen LogP contribution in [0.3, 0.4) is 0 Å². The van der Waals surface area contributed by atoms with Crippen LogP contribution in [0.1, 0.15) is 27.5 Å². The third-order valence-corrected chi connectivity index (χ3v) is 4.98. The molecule has 1 aromatic carbocycles. The number of ether oxygens (including phenoxy) is 1. The molecule has 8 nitrogen and oxygen atoms in total. The zero-order valence-electron chi connectivity index (χ0n) is 15.1. The van der Waals surface area contributed by atoms with E-state index in [-0.39, 0.29) is 5.91 Å². The van der Waals surface area contributed by atoms with E-state index in [1.807, 2.05) is 43.5 Å². The SMILES string of the molecule is Cc1ccc(-c2ncon2)cc1NC(=O)c1cnc2cc(C3COC3)ccn12. The van der Waals surface area contributed by atoms with Gasteiger partial charge in [0.15, 0.2) is 0 Å². The number of imidazole rings is 1. The van der Waals surface area contributed by atoms with Gasteiger partial charge in [0.25, 0.3) is 5.91 Å². The van der Waals surface area contributed by atoms with Crippen molar-refractivity contribution in [1.29, 1.82) is 0 Å². The minimum absolute atomic E-state index is 0.236. The number of aryl methyl sites for hydroxylation is 1. The van der Waals surface area contributed by atoms with Gasteiger partial charge >= 0.3 is 0 Å². The van der Waals surface area contributed by atoms with Crippen molar-refractivity contribution < 1.29 is 14.1 Å². The van der Waals surface area contributed by atoms with Crippen molar-refractivity contribution in [2.24, 2.45) is 0 Å². The van der Waals surface area contributed by atoms with Crippen molar-refractivity contribution in [2.45, 2.75) is 12.8 Å². The first kappa shape index (κ1) is 16.6. The predicted molar refractivity (Wildman–Crippen MR) is 101 cm³/mol. The Morgan fingerprint density at radius 2 is 2.11 bits per heavy atom. The molecule has 0 spiro atoms. The van der Waals surface area contributed by atoms with Crippen LogP contribution < -0.4 is 5.32 Å². The summed E-state index contributed by atoms with van der Waals surface area (Å²) in [4.78, 5) is 21.3. The van der Waals surface area contributed by atoms with Crippen LogP contribution in [-0.2, 0) is 4.74 Å². The van der Waals surface area contributed by atoms with E-state index < -0.39 is 0 Å². The minimum atomic E-state index is -0.236. The topological polar surface area (TPSA) is 94.6 Å². The van der Waals surface area contributed by atoms with Gasteiger partial charge in [0.1, 0.15) is 11.3 Å². The lowest BCUT2D eigenvalue weighted by Gasteiger charge is -2.26. The molecule has 1 saturated heterocycles. The molecule has 1 amide bonds. The third-order valence-electron chi connectivity index (χ3n) is 4.98. The Hall–Kier alpha value is -3.52. The van der Waals surface area contributed by atoms with E-state index in [4.69, 9.17) is 9.26 Å². The summed E-state index contributed by atoms with van der Waals surface area (Å²) in [6.07, 6.45) is 4.74. The number of nitrogens with one attached hydrogen (secondary N) is 1. The number of carbonyl (C=O) groups excluding carboxylic acids is 1. The van der Waals surface area contributed by atoms with Crippen molar-refractivity contribution in [3.8, 4) is 11.4 Å².